The maximum Gasteiger partial charge on any atom is 0.0499 e. The number of rotatable bonds is 7. The second kappa shape index (κ2) is 7.27. The van der Waals surface area contributed by atoms with Gasteiger partial charge in [-0.2, -0.15) is 0 Å². The van der Waals surface area contributed by atoms with Crippen LogP contribution < -0.4 is 5.32 Å². The summed E-state index contributed by atoms with van der Waals surface area (Å²) in [5, 5.41) is 13.1. The summed E-state index contributed by atoms with van der Waals surface area (Å²) in [6.07, 6.45) is 2.00. The Kier molecular flexibility index (Phi) is 6.33. The van der Waals surface area contributed by atoms with Crippen LogP contribution >= 0.6 is 15.9 Å². The highest BCUT2D eigenvalue weighted by atomic mass is 79.9. The van der Waals surface area contributed by atoms with Crippen molar-refractivity contribution in [1.82, 2.24) is 5.32 Å². The average molecular weight is 314 g/mol. The largest absolute Gasteiger partial charge is 0.396 e. The minimum Gasteiger partial charge on any atom is -0.396 e. The number of halogens is 1. The minimum absolute atomic E-state index is 0.0175. The second-order valence-electron chi connectivity index (χ2n) is 5.02. The van der Waals surface area contributed by atoms with Gasteiger partial charge < -0.3 is 10.4 Å². The monoisotopic (exact) mass is 313 g/mol. The van der Waals surface area contributed by atoms with Crippen LogP contribution in [0.2, 0.25) is 0 Å². The highest BCUT2D eigenvalue weighted by Gasteiger charge is 2.25. The van der Waals surface area contributed by atoms with E-state index in [-0.39, 0.29) is 12.0 Å². The van der Waals surface area contributed by atoms with E-state index in [0.717, 1.165) is 23.9 Å². The van der Waals surface area contributed by atoms with E-state index in [4.69, 9.17) is 0 Å². The van der Waals surface area contributed by atoms with Crippen molar-refractivity contribution in [2.75, 3.05) is 13.2 Å². The fourth-order valence-corrected chi connectivity index (χ4v) is 2.28. The Hall–Kier alpha value is -0.380. The molecule has 0 heterocycles. The first kappa shape index (κ1) is 15.7. The zero-order chi connectivity index (χ0) is 13.6. The Morgan fingerprint density at radius 2 is 1.78 bits per heavy atom. The minimum atomic E-state index is 0.0175. The number of hydrogen-bond acceptors (Lipinski definition) is 2. The van der Waals surface area contributed by atoms with E-state index in [2.05, 4.69) is 66.3 Å². The van der Waals surface area contributed by atoms with Gasteiger partial charge in [-0.3, -0.25) is 0 Å². The fourth-order valence-electron chi connectivity index (χ4n) is 2.02. The Morgan fingerprint density at radius 1 is 1.22 bits per heavy atom. The molecule has 0 bridgehead atoms. The molecule has 0 spiro atoms. The predicted molar refractivity (Wildman–Crippen MR) is 80.7 cm³/mol. The first-order chi connectivity index (χ1) is 8.56. The molecular weight excluding hydrogens is 290 g/mol. The molecule has 2 nitrogen and oxygen atoms in total. The lowest BCUT2D eigenvalue weighted by molar-refractivity contribution is 0.110. The highest BCUT2D eigenvalue weighted by Crippen LogP contribution is 2.26. The van der Waals surface area contributed by atoms with Crippen LogP contribution in [0.15, 0.2) is 28.7 Å². The number of aliphatic hydroxyl groups excluding tert-OH is 1. The van der Waals surface area contributed by atoms with Crippen molar-refractivity contribution in [3.63, 3.8) is 0 Å². The molecule has 18 heavy (non-hydrogen) atoms. The van der Waals surface area contributed by atoms with Crippen LogP contribution in [0.3, 0.4) is 0 Å². The van der Waals surface area contributed by atoms with Crippen molar-refractivity contribution in [1.29, 1.82) is 0 Å². The van der Waals surface area contributed by atoms with E-state index in [1.165, 1.54) is 5.56 Å². The Morgan fingerprint density at radius 3 is 2.22 bits per heavy atom. The van der Waals surface area contributed by atoms with Crippen molar-refractivity contribution in [3.8, 4) is 0 Å². The summed E-state index contributed by atoms with van der Waals surface area (Å²) < 4.78 is 1.10. The molecule has 0 saturated carbocycles. The van der Waals surface area contributed by atoms with Gasteiger partial charge in [-0.1, -0.05) is 41.9 Å². The van der Waals surface area contributed by atoms with E-state index >= 15 is 0 Å². The highest BCUT2D eigenvalue weighted by molar-refractivity contribution is 9.10. The van der Waals surface area contributed by atoms with Crippen LogP contribution in [-0.4, -0.2) is 18.3 Å². The van der Waals surface area contributed by atoms with Crippen LogP contribution in [0.4, 0.5) is 0 Å². The average Bonchev–Trinajstić information content (AvgIpc) is 2.41. The molecule has 0 aliphatic carbocycles. The van der Waals surface area contributed by atoms with Crippen molar-refractivity contribution >= 4 is 15.9 Å². The van der Waals surface area contributed by atoms with Gasteiger partial charge in [-0.05, 0) is 37.5 Å². The Balaban J connectivity index is 2.59. The first-order valence-electron chi connectivity index (χ1n) is 6.66. The fraction of sp³-hybridized carbons (Fsp3) is 0.600. The van der Waals surface area contributed by atoms with Crippen molar-refractivity contribution < 1.29 is 5.11 Å². The third kappa shape index (κ3) is 4.08. The summed E-state index contributed by atoms with van der Waals surface area (Å²) in [5.41, 5.74) is 1.29. The predicted octanol–water partition coefficient (Wildman–Crippen LogP) is 3.90. The van der Waals surface area contributed by atoms with Crippen LogP contribution in [0, 0.1) is 5.41 Å². The molecule has 0 radical (unpaired) electrons. The van der Waals surface area contributed by atoms with Gasteiger partial charge in [0, 0.05) is 29.1 Å². The van der Waals surface area contributed by atoms with Gasteiger partial charge in [0.2, 0.25) is 0 Å². The van der Waals surface area contributed by atoms with Gasteiger partial charge in [0.25, 0.3) is 0 Å². The zero-order valence-electron chi connectivity index (χ0n) is 11.5. The topological polar surface area (TPSA) is 32.3 Å². The van der Waals surface area contributed by atoms with Gasteiger partial charge in [0.1, 0.15) is 0 Å². The summed E-state index contributed by atoms with van der Waals surface area (Å²) >= 11 is 3.45. The molecule has 2 N–H and O–H groups in total. The number of benzene rings is 1. The maximum atomic E-state index is 9.55. The van der Waals surface area contributed by atoms with Gasteiger partial charge >= 0.3 is 0 Å². The molecule has 0 fully saturated rings. The lowest BCUT2D eigenvalue weighted by Gasteiger charge is -2.31. The van der Waals surface area contributed by atoms with Crippen molar-refractivity contribution in [2.45, 2.75) is 39.7 Å². The maximum absolute atomic E-state index is 9.55. The summed E-state index contributed by atoms with van der Waals surface area (Å²) in [6.45, 7) is 7.56. The lowest BCUT2D eigenvalue weighted by Crippen LogP contribution is -2.37. The summed E-state index contributed by atoms with van der Waals surface area (Å²) in [7, 11) is 0. The smallest absolute Gasteiger partial charge is 0.0499 e. The third-order valence-corrected chi connectivity index (χ3v) is 4.52. The molecule has 0 aromatic heterocycles. The van der Waals surface area contributed by atoms with Gasteiger partial charge in [-0.25, -0.2) is 0 Å². The summed E-state index contributed by atoms with van der Waals surface area (Å²) in [4.78, 5) is 0. The van der Waals surface area contributed by atoms with Crippen LogP contribution in [0.25, 0.3) is 0 Å². The first-order valence-corrected chi connectivity index (χ1v) is 7.46. The molecule has 0 saturated heterocycles. The molecule has 1 rings (SSSR count). The van der Waals surface area contributed by atoms with Crippen molar-refractivity contribution in [3.05, 3.63) is 34.3 Å². The van der Waals surface area contributed by atoms with Crippen molar-refractivity contribution in [2.24, 2.45) is 5.41 Å². The molecule has 1 aromatic carbocycles. The lowest BCUT2D eigenvalue weighted by atomic mass is 9.83. The molecule has 0 aliphatic heterocycles. The van der Waals surface area contributed by atoms with Gasteiger partial charge in [-0.15, -0.1) is 0 Å². The molecule has 0 amide bonds. The van der Waals surface area contributed by atoms with Crippen LogP contribution in [-0.2, 0) is 0 Å². The molecule has 102 valence electrons. The van der Waals surface area contributed by atoms with Gasteiger partial charge in [0.15, 0.2) is 0 Å². The third-order valence-electron chi connectivity index (χ3n) is 3.99. The standard InChI is InChI=1S/C15H24BrNO/c1-4-15(5-2,11-18)10-17-12(3)13-6-8-14(16)9-7-13/h6-9,12,17-18H,4-5,10-11H2,1-3H3/t12-/m0/s1. The quantitative estimate of drug-likeness (QED) is 0.800. The Bertz CT molecular complexity index is 338. The van der Waals surface area contributed by atoms with E-state index in [1.54, 1.807) is 0 Å². The Labute approximate surface area is 119 Å². The van der Waals surface area contributed by atoms with E-state index in [0.29, 0.717) is 6.04 Å². The number of aliphatic hydroxyl groups is 1. The zero-order valence-corrected chi connectivity index (χ0v) is 13.1. The molecule has 3 heteroatoms. The summed E-state index contributed by atoms with van der Waals surface area (Å²) in [5.74, 6) is 0. The van der Waals surface area contributed by atoms with E-state index in [9.17, 15) is 5.11 Å². The molecular formula is C15H24BrNO. The summed E-state index contributed by atoms with van der Waals surface area (Å²) in [6, 6.07) is 8.68. The molecule has 0 unspecified atom stereocenters. The number of nitrogens with one attached hydrogen (secondary N) is 1. The molecule has 0 aliphatic rings. The second-order valence-corrected chi connectivity index (χ2v) is 5.94. The molecule has 1 aromatic rings. The van der Waals surface area contributed by atoms with E-state index < -0.39 is 0 Å². The molecule has 1 atom stereocenters. The SMILES string of the molecule is CCC(CC)(CO)CN[C@@H](C)c1ccc(Br)cc1. The van der Waals surface area contributed by atoms with E-state index in [1.807, 2.05) is 0 Å². The van der Waals surface area contributed by atoms with Gasteiger partial charge in [0.05, 0.1) is 0 Å². The van der Waals surface area contributed by atoms with Crippen LogP contribution in [0.1, 0.15) is 45.2 Å². The number of hydrogen-bond donors (Lipinski definition) is 2. The normalized spacial score (nSPS) is 13.6. The van der Waals surface area contributed by atoms with Crippen LogP contribution in [0.5, 0.6) is 0 Å².